The topological polar surface area (TPSA) is 56.7 Å². The van der Waals surface area contributed by atoms with Crippen molar-refractivity contribution in [1.82, 2.24) is 19.9 Å². The average molecular weight is 318 g/mol. The van der Waals surface area contributed by atoms with Crippen molar-refractivity contribution in [1.29, 1.82) is 0 Å². The van der Waals surface area contributed by atoms with Crippen molar-refractivity contribution in [3.05, 3.63) is 35.1 Å². The number of thioether (sulfide) groups is 1. The third-order valence-corrected chi connectivity index (χ3v) is 5.42. The molecule has 1 saturated carbocycles. The Balaban J connectivity index is 1.45. The summed E-state index contributed by atoms with van der Waals surface area (Å²) in [5, 5.41) is 15.7. The van der Waals surface area contributed by atoms with E-state index in [2.05, 4.69) is 19.9 Å². The fraction of sp³-hybridized carbons (Fsp3) is 0.357. The van der Waals surface area contributed by atoms with Crippen molar-refractivity contribution in [2.45, 2.75) is 29.7 Å². The van der Waals surface area contributed by atoms with Gasteiger partial charge in [-0.3, -0.25) is 0 Å². The minimum Gasteiger partial charge on any atom is -0.355 e. The highest BCUT2D eigenvalue weighted by Gasteiger charge is 2.29. The van der Waals surface area contributed by atoms with E-state index in [-0.39, 0.29) is 0 Å². The molecule has 0 saturated heterocycles. The number of hydrogen-bond donors (Lipinski definition) is 0. The number of nitrogens with zero attached hydrogens (tertiary/aromatic N) is 4. The van der Waals surface area contributed by atoms with E-state index in [4.69, 9.17) is 4.52 Å². The molecule has 0 amide bonds. The molecule has 3 aromatic rings. The molecule has 7 heteroatoms. The predicted molar refractivity (Wildman–Crippen MR) is 82.4 cm³/mol. The van der Waals surface area contributed by atoms with E-state index in [1.54, 1.807) is 23.1 Å². The lowest BCUT2D eigenvalue weighted by molar-refractivity contribution is 0.427. The molecule has 0 bridgehead atoms. The molecule has 0 atom stereocenters. The summed E-state index contributed by atoms with van der Waals surface area (Å²) in [4.78, 5) is 1.11. The van der Waals surface area contributed by atoms with Crippen LogP contribution < -0.4 is 0 Å². The minimum absolute atomic E-state index is 0.620. The Kier molecular flexibility index (Phi) is 3.31. The first kappa shape index (κ1) is 13.1. The highest BCUT2D eigenvalue weighted by molar-refractivity contribution is 7.98. The van der Waals surface area contributed by atoms with Gasteiger partial charge in [-0.15, -0.1) is 21.5 Å². The normalized spacial score (nSPS) is 14.7. The lowest BCUT2D eigenvalue weighted by Crippen LogP contribution is -1.97. The molecule has 3 aromatic heterocycles. The van der Waals surface area contributed by atoms with Crippen molar-refractivity contribution in [2.75, 3.05) is 0 Å². The Bertz CT molecular complexity index is 743. The standard InChI is InChI=1S/C14H14N4OS2/c1-18-13(9-4-5-9)15-16-14(18)21-8-10-7-11(19-17-10)12-3-2-6-20-12/h2-3,6-7,9H,4-5,8H2,1H3. The zero-order valence-electron chi connectivity index (χ0n) is 11.5. The van der Waals surface area contributed by atoms with Gasteiger partial charge in [0.15, 0.2) is 10.9 Å². The van der Waals surface area contributed by atoms with Gasteiger partial charge in [-0.05, 0) is 24.3 Å². The number of aromatic nitrogens is 4. The van der Waals surface area contributed by atoms with Crippen molar-refractivity contribution >= 4 is 23.1 Å². The van der Waals surface area contributed by atoms with Gasteiger partial charge in [-0.25, -0.2) is 0 Å². The molecule has 0 radical (unpaired) electrons. The fourth-order valence-electron chi connectivity index (χ4n) is 2.20. The van der Waals surface area contributed by atoms with E-state index in [0.29, 0.717) is 5.92 Å². The number of rotatable bonds is 5. The van der Waals surface area contributed by atoms with Crippen LogP contribution in [0.2, 0.25) is 0 Å². The summed E-state index contributed by atoms with van der Waals surface area (Å²) in [5.41, 5.74) is 0.930. The van der Waals surface area contributed by atoms with Gasteiger partial charge in [0.2, 0.25) is 0 Å². The zero-order chi connectivity index (χ0) is 14.2. The Morgan fingerprint density at radius 1 is 1.43 bits per heavy atom. The molecule has 3 heterocycles. The van der Waals surface area contributed by atoms with Gasteiger partial charge in [0, 0.05) is 24.8 Å². The van der Waals surface area contributed by atoms with Crippen LogP contribution in [-0.4, -0.2) is 19.9 Å². The van der Waals surface area contributed by atoms with Gasteiger partial charge >= 0.3 is 0 Å². The van der Waals surface area contributed by atoms with Crippen LogP contribution >= 0.6 is 23.1 Å². The molecule has 1 aliphatic rings. The Hall–Kier alpha value is -1.60. The smallest absolute Gasteiger partial charge is 0.191 e. The molecule has 4 rings (SSSR count). The summed E-state index contributed by atoms with van der Waals surface area (Å²) in [6, 6.07) is 6.04. The molecule has 0 aliphatic heterocycles. The van der Waals surface area contributed by atoms with Gasteiger partial charge in [0.25, 0.3) is 0 Å². The van der Waals surface area contributed by atoms with Crippen LogP contribution in [0.1, 0.15) is 30.3 Å². The molecule has 21 heavy (non-hydrogen) atoms. The molecular formula is C14H14N4OS2. The largest absolute Gasteiger partial charge is 0.355 e. The zero-order valence-corrected chi connectivity index (χ0v) is 13.2. The van der Waals surface area contributed by atoms with Crippen LogP contribution in [0.25, 0.3) is 10.6 Å². The van der Waals surface area contributed by atoms with Crippen LogP contribution in [0, 0.1) is 0 Å². The second kappa shape index (κ2) is 5.31. The molecule has 0 N–H and O–H groups in total. The average Bonchev–Trinajstić information content (AvgIpc) is 2.94. The second-order valence-corrected chi connectivity index (χ2v) is 7.01. The van der Waals surface area contributed by atoms with Gasteiger partial charge in [0.05, 0.1) is 10.6 Å². The number of hydrogen-bond acceptors (Lipinski definition) is 6. The minimum atomic E-state index is 0.620. The van der Waals surface area contributed by atoms with Gasteiger partial charge in [-0.2, -0.15) is 0 Å². The van der Waals surface area contributed by atoms with Crippen molar-refractivity contribution in [3.8, 4) is 10.6 Å². The highest BCUT2D eigenvalue weighted by Crippen LogP contribution is 2.39. The first-order chi connectivity index (χ1) is 10.3. The van der Waals surface area contributed by atoms with Crippen molar-refractivity contribution in [3.63, 3.8) is 0 Å². The van der Waals surface area contributed by atoms with Gasteiger partial charge < -0.3 is 9.09 Å². The van der Waals surface area contributed by atoms with Crippen LogP contribution in [0.4, 0.5) is 0 Å². The van der Waals surface area contributed by atoms with Crippen LogP contribution in [0.5, 0.6) is 0 Å². The van der Waals surface area contributed by atoms with E-state index in [1.165, 1.54) is 12.8 Å². The Morgan fingerprint density at radius 2 is 2.33 bits per heavy atom. The van der Waals surface area contributed by atoms with Crippen molar-refractivity contribution in [2.24, 2.45) is 7.05 Å². The third-order valence-electron chi connectivity index (χ3n) is 3.48. The fourth-order valence-corrected chi connectivity index (χ4v) is 3.67. The van der Waals surface area contributed by atoms with E-state index in [9.17, 15) is 0 Å². The highest BCUT2D eigenvalue weighted by atomic mass is 32.2. The maximum Gasteiger partial charge on any atom is 0.191 e. The lowest BCUT2D eigenvalue weighted by Gasteiger charge is -2.00. The summed E-state index contributed by atoms with van der Waals surface area (Å²) in [6.45, 7) is 0. The molecular weight excluding hydrogens is 304 g/mol. The maximum absolute atomic E-state index is 5.39. The molecule has 1 fully saturated rings. The summed E-state index contributed by atoms with van der Waals surface area (Å²) < 4.78 is 7.49. The summed E-state index contributed by atoms with van der Waals surface area (Å²) >= 11 is 3.30. The first-order valence-corrected chi connectivity index (χ1v) is 8.69. The molecule has 0 unspecified atom stereocenters. The Labute approximate surface area is 130 Å². The predicted octanol–water partition coefficient (Wildman–Crippen LogP) is 3.70. The maximum atomic E-state index is 5.39. The summed E-state index contributed by atoms with van der Waals surface area (Å²) in [6.07, 6.45) is 2.48. The first-order valence-electron chi connectivity index (χ1n) is 6.83. The van der Waals surface area contributed by atoms with Gasteiger partial charge in [0.1, 0.15) is 5.82 Å². The second-order valence-electron chi connectivity index (χ2n) is 5.12. The third kappa shape index (κ3) is 2.63. The van der Waals surface area contributed by atoms with Crippen LogP contribution in [0.3, 0.4) is 0 Å². The summed E-state index contributed by atoms with van der Waals surface area (Å²) in [5.74, 6) is 3.30. The molecule has 0 aromatic carbocycles. The summed E-state index contributed by atoms with van der Waals surface area (Å²) in [7, 11) is 2.04. The SMILES string of the molecule is Cn1c(SCc2cc(-c3cccs3)on2)nnc1C1CC1. The van der Waals surface area contributed by atoms with Crippen LogP contribution in [-0.2, 0) is 12.8 Å². The monoisotopic (exact) mass is 318 g/mol. The van der Waals surface area contributed by atoms with E-state index in [1.807, 2.05) is 30.6 Å². The number of thiophene rings is 1. The van der Waals surface area contributed by atoms with E-state index < -0.39 is 0 Å². The quantitative estimate of drug-likeness (QED) is 0.671. The van der Waals surface area contributed by atoms with Gasteiger partial charge in [-0.1, -0.05) is 23.0 Å². The lowest BCUT2D eigenvalue weighted by atomic mass is 10.3. The van der Waals surface area contributed by atoms with Crippen LogP contribution in [0.15, 0.2) is 33.3 Å². The Morgan fingerprint density at radius 3 is 3.10 bits per heavy atom. The molecule has 0 spiro atoms. The molecule has 5 nitrogen and oxygen atoms in total. The molecule has 108 valence electrons. The van der Waals surface area contributed by atoms with E-state index >= 15 is 0 Å². The molecule has 1 aliphatic carbocycles. The van der Waals surface area contributed by atoms with E-state index in [0.717, 1.165) is 33.1 Å². The van der Waals surface area contributed by atoms with Crippen molar-refractivity contribution < 1.29 is 4.52 Å².